The molecule has 0 heterocycles. The summed E-state index contributed by atoms with van der Waals surface area (Å²) < 4.78 is 0. The van der Waals surface area contributed by atoms with Gasteiger partial charge in [-0.05, 0) is 125 Å². The standard InChI is InChI=1S/C68H47N/c1-6-20-48(21-7-1)50-34-36-51(37-35-50)52-38-42-58(43-39-52)69(66-45-41-56(49-22-8-2-9-23-49)46-63(66)53-24-10-3-11-25-53)65-33-19-18-30-59(65)57-40-44-61-60-31-16-17-32-62(60)67(54-26-12-4-13-27-54)68(64(61)47-57)55-28-14-5-15-29-55/h1-47H. The largest absolute Gasteiger partial charge is 0.309 e. The Bertz CT molecular complexity index is 3720. The maximum absolute atomic E-state index is 2.47. The Morgan fingerprint density at radius 1 is 0.188 bits per heavy atom. The molecule has 324 valence electrons. The zero-order chi connectivity index (χ0) is 45.9. The second kappa shape index (κ2) is 18.3. The summed E-state index contributed by atoms with van der Waals surface area (Å²) in [5.41, 5.74) is 19.8. The van der Waals surface area contributed by atoms with Crippen molar-refractivity contribution in [3.05, 3.63) is 285 Å². The van der Waals surface area contributed by atoms with Crippen LogP contribution >= 0.6 is 0 Å². The van der Waals surface area contributed by atoms with Crippen molar-refractivity contribution in [2.45, 2.75) is 0 Å². The molecule has 12 aromatic rings. The van der Waals surface area contributed by atoms with Gasteiger partial charge in [-0.3, -0.25) is 0 Å². The molecule has 0 saturated heterocycles. The van der Waals surface area contributed by atoms with Gasteiger partial charge in [0.15, 0.2) is 0 Å². The lowest BCUT2D eigenvalue weighted by Gasteiger charge is -2.30. The van der Waals surface area contributed by atoms with Gasteiger partial charge in [0.25, 0.3) is 0 Å². The lowest BCUT2D eigenvalue weighted by atomic mass is 9.84. The van der Waals surface area contributed by atoms with Crippen molar-refractivity contribution < 1.29 is 0 Å². The Labute approximate surface area is 404 Å². The number of para-hydroxylation sites is 1. The maximum Gasteiger partial charge on any atom is 0.0540 e. The lowest BCUT2D eigenvalue weighted by Crippen LogP contribution is -2.12. The topological polar surface area (TPSA) is 3.24 Å². The van der Waals surface area contributed by atoms with Crippen molar-refractivity contribution in [3.8, 4) is 77.9 Å². The van der Waals surface area contributed by atoms with Gasteiger partial charge in [0.05, 0.1) is 11.4 Å². The zero-order valence-electron chi connectivity index (χ0n) is 38.1. The highest BCUT2D eigenvalue weighted by atomic mass is 15.1. The fourth-order valence-corrected chi connectivity index (χ4v) is 10.2. The first-order chi connectivity index (χ1) is 34.2. The predicted molar refractivity (Wildman–Crippen MR) is 294 cm³/mol. The van der Waals surface area contributed by atoms with E-state index in [9.17, 15) is 0 Å². The fraction of sp³-hybridized carbons (Fsp3) is 0. The van der Waals surface area contributed by atoms with Crippen LogP contribution in [0.4, 0.5) is 17.1 Å². The monoisotopic (exact) mass is 877 g/mol. The van der Waals surface area contributed by atoms with Crippen molar-refractivity contribution in [3.63, 3.8) is 0 Å². The lowest BCUT2D eigenvalue weighted by molar-refractivity contribution is 1.28. The third-order valence-electron chi connectivity index (χ3n) is 13.5. The second-order valence-corrected chi connectivity index (χ2v) is 17.6. The summed E-state index contributed by atoms with van der Waals surface area (Å²) in [4.78, 5) is 2.47. The predicted octanol–water partition coefficient (Wildman–Crippen LogP) is 19.1. The molecule has 12 rings (SSSR count). The molecule has 0 bridgehead atoms. The van der Waals surface area contributed by atoms with Crippen LogP contribution in [0.3, 0.4) is 0 Å². The van der Waals surface area contributed by atoms with Crippen LogP contribution in [0.5, 0.6) is 0 Å². The van der Waals surface area contributed by atoms with Gasteiger partial charge < -0.3 is 4.90 Å². The van der Waals surface area contributed by atoms with Crippen LogP contribution in [-0.4, -0.2) is 0 Å². The highest BCUT2D eigenvalue weighted by Crippen LogP contribution is 2.49. The first-order valence-corrected chi connectivity index (χ1v) is 23.7. The molecule has 0 atom stereocenters. The van der Waals surface area contributed by atoms with E-state index in [1.807, 2.05) is 0 Å². The maximum atomic E-state index is 2.47. The Balaban J connectivity index is 1.07. The van der Waals surface area contributed by atoms with Gasteiger partial charge in [-0.15, -0.1) is 0 Å². The molecule has 0 saturated carbocycles. The molecule has 1 heteroatoms. The summed E-state index contributed by atoms with van der Waals surface area (Å²) in [6.07, 6.45) is 0. The van der Waals surface area contributed by atoms with Gasteiger partial charge in [0.1, 0.15) is 0 Å². The minimum absolute atomic E-state index is 1.07. The molecule has 0 aliphatic rings. The van der Waals surface area contributed by atoms with Crippen molar-refractivity contribution >= 4 is 38.6 Å². The smallest absolute Gasteiger partial charge is 0.0540 e. The van der Waals surface area contributed by atoms with Crippen LogP contribution in [0.25, 0.3) is 99.4 Å². The molecule has 12 aromatic carbocycles. The molecule has 0 unspecified atom stereocenters. The summed E-state index contributed by atoms with van der Waals surface area (Å²) in [6.45, 7) is 0. The summed E-state index contributed by atoms with van der Waals surface area (Å²) in [6, 6.07) is 104. The minimum Gasteiger partial charge on any atom is -0.309 e. The number of hydrogen-bond donors (Lipinski definition) is 0. The number of rotatable bonds is 10. The molecular formula is C68H47N. The molecule has 0 aliphatic carbocycles. The van der Waals surface area contributed by atoms with E-state index in [1.54, 1.807) is 0 Å². The van der Waals surface area contributed by atoms with E-state index >= 15 is 0 Å². The van der Waals surface area contributed by atoms with Gasteiger partial charge in [0, 0.05) is 16.8 Å². The summed E-state index contributed by atoms with van der Waals surface area (Å²) in [5.74, 6) is 0. The Morgan fingerprint density at radius 3 is 1.14 bits per heavy atom. The average Bonchev–Trinajstić information content (AvgIpc) is 3.44. The van der Waals surface area contributed by atoms with E-state index in [2.05, 4.69) is 290 Å². The Hall–Kier alpha value is -9.04. The third kappa shape index (κ3) is 7.97. The number of hydrogen-bond acceptors (Lipinski definition) is 1. The summed E-state index contributed by atoms with van der Waals surface area (Å²) >= 11 is 0. The first-order valence-electron chi connectivity index (χ1n) is 23.7. The zero-order valence-corrected chi connectivity index (χ0v) is 38.1. The minimum atomic E-state index is 1.07. The Kier molecular flexibility index (Phi) is 11.0. The number of anilines is 3. The van der Waals surface area contributed by atoms with Crippen LogP contribution in [0, 0.1) is 0 Å². The van der Waals surface area contributed by atoms with Gasteiger partial charge in [-0.1, -0.05) is 249 Å². The van der Waals surface area contributed by atoms with Crippen molar-refractivity contribution in [1.82, 2.24) is 0 Å². The molecular weight excluding hydrogens is 831 g/mol. The molecule has 0 spiro atoms. The van der Waals surface area contributed by atoms with Crippen LogP contribution in [0.2, 0.25) is 0 Å². The summed E-state index contributed by atoms with van der Waals surface area (Å²) in [7, 11) is 0. The van der Waals surface area contributed by atoms with E-state index in [1.165, 1.54) is 77.2 Å². The van der Waals surface area contributed by atoms with Gasteiger partial charge in [-0.25, -0.2) is 0 Å². The summed E-state index contributed by atoms with van der Waals surface area (Å²) in [5, 5.41) is 4.94. The van der Waals surface area contributed by atoms with Crippen molar-refractivity contribution in [2.75, 3.05) is 4.90 Å². The number of benzene rings is 12. The third-order valence-corrected chi connectivity index (χ3v) is 13.5. The fourth-order valence-electron chi connectivity index (χ4n) is 10.2. The first kappa shape index (κ1) is 41.4. The van der Waals surface area contributed by atoms with Crippen LogP contribution in [0.15, 0.2) is 285 Å². The van der Waals surface area contributed by atoms with E-state index in [4.69, 9.17) is 0 Å². The quantitative estimate of drug-likeness (QED) is 0.124. The molecule has 0 amide bonds. The highest BCUT2D eigenvalue weighted by Gasteiger charge is 2.23. The molecule has 0 radical (unpaired) electrons. The second-order valence-electron chi connectivity index (χ2n) is 17.6. The van der Waals surface area contributed by atoms with Crippen LogP contribution in [-0.2, 0) is 0 Å². The highest BCUT2D eigenvalue weighted by molar-refractivity contribution is 6.22. The van der Waals surface area contributed by atoms with E-state index < -0.39 is 0 Å². The van der Waals surface area contributed by atoms with Gasteiger partial charge >= 0.3 is 0 Å². The molecule has 0 aromatic heterocycles. The van der Waals surface area contributed by atoms with Crippen LogP contribution in [0.1, 0.15) is 0 Å². The molecule has 0 N–H and O–H groups in total. The van der Waals surface area contributed by atoms with Crippen molar-refractivity contribution in [1.29, 1.82) is 0 Å². The molecule has 1 nitrogen and oxygen atoms in total. The van der Waals surface area contributed by atoms with E-state index in [-0.39, 0.29) is 0 Å². The normalized spacial score (nSPS) is 11.2. The number of nitrogens with zero attached hydrogens (tertiary/aromatic N) is 1. The molecule has 0 fully saturated rings. The van der Waals surface area contributed by atoms with E-state index in [0.29, 0.717) is 0 Å². The molecule has 0 aliphatic heterocycles. The number of fused-ring (bicyclic) bond motifs is 3. The SMILES string of the molecule is c1ccc(-c2ccc(-c3ccc(N(c4ccccc4-c4ccc5c(c4)c(-c4ccccc4)c(-c4ccccc4)c4ccccc45)c4ccc(-c5ccccc5)cc4-c4ccccc4)cc3)cc2)cc1. The average molecular weight is 878 g/mol. The van der Waals surface area contributed by atoms with Gasteiger partial charge in [-0.2, -0.15) is 0 Å². The van der Waals surface area contributed by atoms with Gasteiger partial charge in [0.2, 0.25) is 0 Å². The molecule has 69 heavy (non-hydrogen) atoms. The van der Waals surface area contributed by atoms with Crippen molar-refractivity contribution in [2.24, 2.45) is 0 Å². The van der Waals surface area contributed by atoms with Crippen LogP contribution < -0.4 is 4.90 Å². The van der Waals surface area contributed by atoms with E-state index in [0.717, 1.165) is 39.3 Å². The Morgan fingerprint density at radius 2 is 0.565 bits per heavy atom.